The highest BCUT2D eigenvalue weighted by Crippen LogP contribution is 2.15. The second-order valence-corrected chi connectivity index (χ2v) is 6.80. The molecule has 1 N–H and O–H groups in total. The molecule has 16 heavy (non-hydrogen) atoms. The van der Waals surface area contributed by atoms with E-state index >= 15 is 0 Å². The molecule has 0 aromatic heterocycles. The molecule has 0 aliphatic carbocycles. The molecule has 0 aliphatic heterocycles. The monoisotopic (exact) mass is 264 g/mol. The van der Waals surface area contributed by atoms with Crippen LogP contribution in [0.25, 0.3) is 0 Å². The van der Waals surface area contributed by atoms with Gasteiger partial charge < -0.3 is 0 Å². The Morgan fingerprint density at radius 1 is 1.00 bits per heavy atom. The number of hydrogen-bond donors (Lipinski definition) is 1. The van der Waals surface area contributed by atoms with Crippen molar-refractivity contribution in [1.82, 2.24) is 0 Å². The van der Waals surface area contributed by atoms with Crippen LogP contribution >= 0.6 is 0 Å². The van der Waals surface area contributed by atoms with Crippen molar-refractivity contribution < 1.29 is 21.4 Å². The lowest BCUT2D eigenvalue weighted by molar-refractivity contribution is 0.483. The van der Waals surface area contributed by atoms with Crippen molar-refractivity contribution in [1.29, 1.82) is 0 Å². The van der Waals surface area contributed by atoms with Gasteiger partial charge in [-0.1, -0.05) is 6.92 Å². The predicted molar refractivity (Wildman–Crippen MR) is 58.6 cm³/mol. The molecule has 0 saturated heterocycles. The first-order valence-corrected chi connectivity index (χ1v) is 7.67. The Balaban J connectivity index is 3.15. The van der Waals surface area contributed by atoms with E-state index in [2.05, 4.69) is 0 Å². The Labute approximate surface area is 94.8 Å². The Hall–Kier alpha value is -0.920. The molecular weight excluding hydrogens is 252 g/mol. The van der Waals surface area contributed by atoms with Crippen molar-refractivity contribution >= 4 is 20.0 Å². The molecule has 90 valence electrons. The molecule has 0 aliphatic rings. The summed E-state index contributed by atoms with van der Waals surface area (Å²) >= 11 is 0. The Kier molecular flexibility index (Phi) is 3.72. The van der Waals surface area contributed by atoms with Gasteiger partial charge >= 0.3 is 0 Å². The maximum atomic E-state index is 11.6. The predicted octanol–water partition coefficient (Wildman–Crippen LogP) is 1.12. The zero-order chi connectivity index (χ0) is 12.4. The van der Waals surface area contributed by atoms with E-state index in [1.54, 1.807) is 6.92 Å². The summed E-state index contributed by atoms with van der Waals surface area (Å²) in [7, 11) is -7.62. The molecule has 0 radical (unpaired) electrons. The molecule has 0 atom stereocenters. The molecular formula is C9H12O5S2. The van der Waals surface area contributed by atoms with E-state index in [9.17, 15) is 16.8 Å². The van der Waals surface area contributed by atoms with Crippen molar-refractivity contribution in [2.45, 2.75) is 23.1 Å². The van der Waals surface area contributed by atoms with Gasteiger partial charge in [0.2, 0.25) is 0 Å². The maximum absolute atomic E-state index is 11.6. The van der Waals surface area contributed by atoms with Crippen LogP contribution in [0.15, 0.2) is 34.1 Å². The summed E-state index contributed by atoms with van der Waals surface area (Å²) in [5.74, 6) is 0.0121. The Morgan fingerprint density at radius 3 is 1.81 bits per heavy atom. The van der Waals surface area contributed by atoms with Gasteiger partial charge in [-0.05, 0) is 30.7 Å². The zero-order valence-corrected chi connectivity index (χ0v) is 10.3. The quantitative estimate of drug-likeness (QED) is 0.823. The highest BCUT2D eigenvalue weighted by Gasteiger charge is 2.15. The van der Waals surface area contributed by atoms with Crippen LogP contribution in [0.5, 0.6) is 0 Å². The van der Waals surface area contributed by atoms with E-state index in [0.717, 1.165) is 12.1 Å². The normalized spacial score (nSPS) is 12.6. The molecule has 0 spiro atoms. The lowest BCUT2D eigenvalue weighted by Gasteiger charge is -2.03. The third kappa shape index (κ3) is 3.03. The van der Waals surface area contributed by atoms with Crippen molar-refractivity contribution in [3.8, 4) is 0 Å². The van der Waals surface area contributed by atoms with Gasteiger partial charge in [-0.2, -0.15) is 8.42 Å². The Morgan fingerprint density at radius 2 is 1.44 bits per heavy atom. The van der Waals surface area contributed by atoms with E-state index < -0.39 is 20.0 Å². The lowest BCUT2D eigenvalue weighted by atomic mass is 10.4. The minimum absolute atomic E-state index is 0.0121. The third-order valence-corrected chi connectivity index (χ3v) is 4.76. The molecule has 0 heterocycles. The van der Waals surface area contributed by atoms with Gasteiger partial charge in [-0.25, -0.2) is 8.42 Å². The summed E-state index contributed by atoms with van der Waals surface area (Å²) in [6.07, 6.45) is 0.488. The van der Waals surface area contributed by atoms with Gasteiger partial charge in [0.1, 0.15) is 0 Å². The molecule has 0 amide bonds. The molecule has 5 nitrogen and oxygen atoms in total. The van der Waals surface area contributed by atoms with Gasteiger partial charge in [0.15, 0.2) is 9.84 Å². The largest absolute Gasteiger partial charge is 0.294 e. The van der Waals surface area contributed by atoms with Crippen molar-refractivity contribution in [2.75, 3.05) is 5.75 Å². The minimum atomic E-state index is -4.27. The van der Waals surface area contributed by atoms with Crippen LogP contribution in [-0.2, 0) is 20.0 Å². The summed E-state index contributed by atoms with van der Waals surface area (Å²) in [5, 5.41) is 0. The number of hydrogen-bond acceptors (Lipinski definition) is 4. The average Bonchev–Trinajstić information content (AvgIpc) is 2.16. The Bertz CT molecular complexity index is 554. The first-order valence-electron chi connectivity index (χ1n) is 4.57. The van der Waals surface area contributed by atoms with Crippen molar-refractivity contribution in [3.05, 3.63) is 24.3 Å². The van der Waals surface area contributed by atoms with E-state index in [0.29, 0.717) is 6.42 Å². The zero-order valence-electron chi connectivity index (χ0n) is 8.62. The average molecular weight is 264 g/mol. The van der Waals surface area contributed by atoms with E-state index in [1.807, 2.05) is 0 Å². The smallest absolute Gasteiger partial charge is 0.282 e. The molecule has 1 rings (SSSR count). The molecule has 1 aromatic rings. The summed E-state index contributed by atoms with van der Waals surface area (Å²) in [5.41, 5.74) is 0. The van der Waals surface area contributed by atoms with Crippen LogP contribution in [0.4, 0.5) is 0 Å². The molecule has 0 saturated carbocycles. The first-order chi connectivity index (χ1) is 7.27. The lowest BCUT2D eigenvalue weighted by Crippen LogP contribution is -2.06. The fraction of sp³-hybridized carbons (Fsp3) is 0.333. The van der Waals surface area contributed by atoms with Gasteiger partial charge in [0.25, 0.3) is 10.1 Å². The summed E-state index contributed by atoms with van der Waals surface area (Å²) in [6, 6.07) is 4.48. The van der Waals surface area contributed by atoms with Crippen LogP contribution in [0, 0.1) is 0 Å². The highest BCUT2D eigenvalue weighted by atomic mass is 32.2. The fourth-order valence-corrected chi connectivity index (χ4v) is 3.01. The number of rotatable bonds is 4. The SMILES string of the molecule is CCCS(=O)(=O)c1ccc(S(=O)(=O)O)cc1. The second-order valence-electron chi connectivity index (χ2n) is 3.27. The maximum Gasteiger partial charge on any atom is 0.294 e. The number of benzene rings is 1. The van der Waals surface area contributed by atoms with Crippen LogP contribution < -0.4 is 0 Å². The summed E-state index contributed by atoms with van der Waals surface area (Å²) in [6.45, 7) is 1.74. The molecule has 1 aromatic carbocycles. The summed E-state index contributed by atoms with van der Waals surface area (Å²) < 4.78 is 53.3. The standard InChI is InChI=1S/C9H12O5S2/c1-2-7-15(10,11)8-3-5-9(6-4-8)16(12,13)14/h3-6H,2,7H2,1H3,(H,12,13,14). The van der Waals surface area contributed by atoms with E-state index in [1.165, 1.54) is 12.1 Å². The van der Waals surface area contributed by atoms with Crippen LogP contribution in [0.2, 0.25) is 0 Å². The molecule has 7 heteroatoms. The van der Waals surface area contributed by atoms with E-state index in [-0.39, 0.29) is 15.5 Å². The topological polar surface area (TPSA) is 88.5 Å². The van der Waals surface area contributed by atoms with Crippen molar-refractivity contribution in [2.24, 2.45) is 0 Å². The third-order valence-electron chi connectivity index (χ3n) is 1.95. The van der Waals surface area contributed by atoms with Crippen LogP contribution in [-0.4, -0.2) is 27.1 Å². The second kappa shape index (κ2) is 4.52. The van der Waals surface area contributed by atoms with Crippen LogP contribution in [0.1, 0.15) is 13.3 Å². The highest BCUT2D eigenvalue weighted by molar-refractivity contribution is 7.91. The van der Waals surface area contributed by atoms with Gasteiger partial charge in [-0.15, -0.1) is 0 Å². The molecule has 0 bridgehead atoms. The summed E-state index contributed by atoms with van der Waals surface area (Å²) in [4.78, 5) is -0.260. The fourth-order valence-electron chi connectivity index (χ4n) is 1.21. The first kappa shape index (κ1) is 13.1. The van der Waals surface area contributed by atoms with Gasteiger partial charge in [-0.3, -0.25) is 4.55 Å². The molecule has 0 fully saturated rings. The van der Waals surface area contributed by atoms with Gasteiger partial charge in [0, 0.05) is 0 Å². The van der Waals surface area contributed by atoms with E-state index in [4.69, 9.17) is 4.55 Å². The van der Waals surface area contributed by atoms with Crippen LogP contribution in [0.3, 0.4) is 0 Å². The molecule has 0 unspecified atom stereocenters. The van der Waals surface area contributed by atoms with Crippen molar-refractivity contribution in [3.63, 3.8) is 0 Å². The van der Waals surface area contributed by atoms with Gasteiger partial charge in [0.05, 0.1) is 15.5 Å². The number of sulfone groups is 1. The minimum Gasteiger partial charge on any atom is -0.282 e.